The maximum atomic E-state index is 12.1. The summed E-state index contributed by atoms with van der Waals surface area (Å²) in [5.41, 5.74) is -0.560. The van der Waals surface area contributed by atoms with Crippen molar-refractivity contribution in [2.75, 3.05) is 32.9 Å². The molecular weight excluding hydrogens is 294 g/mol. The van der Waals surface area contributed by atoms with Crippen molar-refractivity contribution in [2.24, 2.45) is 0 Å². The SMILES string of the molecule is CCCCOCCOC1(CC)CCN(C(=O)OC(C)(C)C)CC1. The quantitative estimate of drug-likeness (QED) is 0.632. The molecule has 5 heteroatoms. The molecule has 1 aliphatic rings. The molecule has 23 heavy (non-hydrogen) atoms. The van der Waals surface area contributed by atoms with E-state index in [0.29, 0.717) is 26.3 Å². The fraction of sp³-hybridized carbons (Fsp3) is 0.944. The topological polar surface area (TPSA) is 48.0 Å². The van der Waals surface area contributed by atoms with Crippen LogP contribution in [0.1, 0.15) is 66.7 Å². The molecule has 0 aromatic heterocycles. The summed E-state index contributed by atoms with van der Waals surface area (Å²) in [5.74, 6) is 0. The van der Waals surface area contributed by atoms with Gasteiger partial charge in [0.1, 0.15) is 5.60 Å². The van der Waals surface area contributed by atoms with E-state index in [0.717, 1.165) is 38.7 Å². The zero-order chi connectivity index (χ0) is 17.3. The third-order valence-corrected chi connectivity index (χ3v) is 4.25. The third kappa shape index (κ3) is 7.53. The predicted molar refractivity (Wildman–Crippen MR) is 91.7 cm³/mol. The highest BCUT2D eigenvalue weighted by molar-refractivity contribution is 5.68. The van der Waals surface area contributed by atoms with Gasteiger partial charge >= 0.3 is 6.09 Å². The zero-order valence-electron chi connectivity index (χ0n) is 15.7. The lowest BCUT2D eigenvalue weighted by molar-refractivity contribution is -0.101. The Balaban J connectivity index is 2.33. The molecule has 0 spiro atoms. The van der Waals surface area contributed by atoms with E-state index in [9.17, 15) is 4.79 Å². The van der Waals surface area contributed by atoms with Gasteiger partial charge in [-0.05, 0) is 46.5 Å². The van der Waals surface area contributed by atoms with Crippen LogP contribution in [0.5, 0.6) is 0 Å². The first-order valence-electron chi connectivity index (χ1n) is 9.01. The van der Waals surface area contributed by atoms with Crippen molar-refractivity contribution in [3.63, 3.8) is 0 Å². The smallest absolute Gasteiger partial charge is 0.410 e. The molecule has 1 heterocycles. The van der Waals surface area contributed by atoms with Crippen LogP contribution in [0.3, 0.4) is 0 Å². The van der Waals surface area contributed by atoms with Gasteiger partial charge in [0.2, 0.25) is 0 Å². The minimum Gasteiger partial charge on any atom is -0.444 e. The molecule has 0 atom stereocenters. The van der Waals surface area contributed by atoms with Crippen molar-refractivity contribution < 1.29 is 19.0 Å². The van der Waals surface area contributed by atoms with Gasteiger partial charge in [-0.25, -0.2) is 4.79 Å². The highest BCUT2D eigenvalue weighted by Crippen LogP contribution is 2.30. The van der Waals surface area contributed by atoms with Gasteiger partial charge in [0.05, 0.1) is 18.8 Å². The van der Waals surface area contributed by atoms with Gasteiger partial charge in [-0.15, -0.1) is 0 Å². The van der Waals surface area contributed by atoms with Crippen LogP contribution in [0, 0.1) is 0 Å². The number of unbranched alkanes of at least 4 members (excludes halogenated alkanes) is 1. The number of likely N-dealkylation sites (tertiary alicyclic amines) is 1. The molecule has 0 bridgehead atoms. The average Bonchev–Trinajstić information content (AvgIpc) is 2.49. The Morgan fingerprint density at radius 2 is 1.74 bits per heavy atom. The average molecular weight is 329 g/mol. The summed E-state index contributed by atoms with van der Waals surface area (Å²) in [5, 5.41) is 0. The second-order valence-electron chi connectivity index (χ2n) is 7.32. The molecule has 0 N–H and O–H groups in total. The number of amides is 1. The van der Waals surface area contributed by atoms with Crippen LogP contribution in [0.4, 0.5) is 4.79 Å². The first-order chi connectivity index (χ1) is 10.8. The van der Waals surface area contributed by atoms with Crippen LogP contribution in [0.25, 0.3) is 0 Å². The molecule has 1 saturated heterocycles. The number of piperidine rings is 1. The van der Waals surface area contributed by atoms with Crippen molar-refractivity contribution in [2.45, 2.75) is 77.9 Å². The van der Waals surface area contributed by atoms with E-state index in [1.54, 1.807) is 4.90 Å². The number of nitrogens with zero attached hydrogens (tertiary/aromatic N) is 1. The molecule has 0 aliphatic carbocycles. The number of rotatable bonds is 8. The van der Waals surface area contributed by atoms with Gasteiger partial charge in [-0.1, -0.05) is 20.3 Å². The summed E-state index contributed by atoms with van der Waals surface area (Å²) in [4.78, 5) is 13.9. The van der Waals surface area contributed by atoms with Crippen LogP contribution in [-0.4, -0.2) is 55.1 Å². The second-order valence-corrected chi connectivity index (χ2v) is 7.32. The lowest BCUT2D eigenvalue weighted by Gasteiger charge is -2.41. The Bertz CT molecular complexity index is 343. The zero-order valence-corrected chi connectivity index (χ0v) is 15.7. The molecule has 0 saturated carbocycles. The van der Waals surface area contributed by atoms with Gasteiger partial charge in [0, 0.05) is 19.7 Å². The van der Waals surface area contributed by atoms with Gasteiger partial charge in [-0.3, -0.25) is 0 Å². The van der Waals surface area contributed by atoms with Crippen LogP contribution in [0.2, 0.25) is 0 Å². The van der Waals surface area contributed by atoms with Crippen LogP contribution < -0.4 is 0 Å². The summed E-state index contributed by atoms with van der Waals surface area (Å²) in [7, 11) is 0. The largest absolute Gasteiger partial charge is 0.444 e. The van der Waals surface area contributed by atoms with E-state index in [-0.39, 0.29) is 11.7 Å². The molecule has 1 fully saturated rings. The molecule has 1 amide bonds. The second kappa shape index (κ2) is 9.48. The van der Waals surface area contributed by atoms with Crippen molar-refractivity contribution in [1.29, 1.82) is 0 Å². The summed E-state index contributed by atoms with van der Waals surface area (Å²) in [6, 6.07) is 0. The molecule has 0 aromatic rings. The molecule has 1 aliphatic heterocycles. The minimum absolute atomic E-state index is 0.118. The van der Waals surface area contributed by atoms with Gasteiger partial charge in [0.15, 0.2) is 0 Å². The van der Waals surface area contributed by atoms with Crippen LogP contribution in [-0.2, 0) is 14.2 Å². The minimum atomic E-state index is -0.442. The third-order valence-electron chi connectivity index (χ3n) is 4.25. The lowest BCUT2D eigenvalue weighted by atomic mass is 9.88. The fourth-order valence-electron chi connectivity index (χ4n) is 2.69. The number of carbonyl (C=O) groups is 1. The van der Waals surface area contributed by atoms with Gasteiger partial charge in [-0.2, -0.15) is 0 Å². The van der Waals surface area contributed by atoms with Crippen molar-refractivity contribution in [3.8, 4) is 0 Å². The lowest BCUT2D eigenvalue weighted by Crippen LogP contribution is -2.49. The van der Waals surface area contributed by atoms with Crippen molar-refractivity contribution in [3.05, 3.63) is 0 Å². The highest BCUT2D eigenvalue weighted by atomic mass is 16.6. The number of hydrogen-bond acceptors (Lipinski definition) is 4. The molecule has 0 aromatic carbocycles. The Hall–Kier alpha value is -0.810. The molecule has 0 radical (unpaired) electrons. The van der Waals surface area contributed by atoms with E-state index < -0.39 is 5.60 Å². The van der Waals surface area contributed by atoms with Crippen LogP contribution >= 0.6 is 0 Å². The Labute approximate surface area is 141 Å². The van der Waals surface area contributed by atoms with Gasteiger partial charge < -0.3 is 19.1 Å². The summed E-state index contributed by atoms with van der Waals surface area (Å²) >= 11 is 0. The van der Waals surface area contributed by atoms with Crippen LogP contribution in [0.15, 0.2) is 0 Å². The first kappa shape index (κ1) is 20.2. The van der Waals surface area contributed by atoms with E-state index >= 15 is 0 Å². The monoisotopic (exact) mass is 329 g/mol. The maximum Gasteiger partial charge on any atom is 0.410 e. The van der Waals surface area contributed by atoms with Crippen molar-refractivity contribution in [1.82, 2.24) is 4.90 Å². The first-order valence-corrected chi connectivity index (χ1v) is 9.01. The van der Waals surface area contributed by atoms with E-state index in [2.05, 4.69) is 13.8 Å². The summed E-state index contributed by atoms with van der Waals surface area (Å²) in [6.45, 7) is 13.5. The van der Waals surface area contributed by atoms with E-state index in [4.69, 9.17) is 14.2 Å². The van der Waals surface area contributed by atoms with Crippen molar-refractivity contribution >= 4 is 6.09 Å². The standard InChI is InChI=1S/C18H35NO4/c1-6-8-13-21-14-15-22-18(7-2)9-11-19(12-10-18)16(20)23-17(3,4)5/h6-15H2,1-5H3. The number of hydrogen-bond donors (Lipinski definition) is 0. The predicted octanol–water partition coefficient (Wildman–Crippen LogP) is 4.00. The summed E-state index contributed by atoms with van der Waals surface area (Å²) in [6.07, 6.45) is 4.72. The fourth-order valence-corrected chi connectivity index (χ4v) is 2.69. The van der Waals surface area contributed by atoms with E-state index in [1.165, 1.54) is 0 Å². The molecule has 136 valence electrons. The molecule has 5 nitrogen and oxygen atoms in total. The van der Waals surface area contributed by atoms with E-state index in [1.807, 2.05) is 20.8 Å². The Morgan fingerprint density at radius 1 is 1.09 bits per heavy atom. The molecule has 1 rings (SSSR count). The normalized spacial score (nSPS) is 18.0. The molecular formula is C18H35NO4. The van der Waals surface area contributed by atoms with Gasteiger partial charge in [0.25, 0.3) is 0 Å². The summed E-state index contributed by atoms with van der Waals surface area (Å²) < 4.78 is 17.1. The maximum absolute atomic E-state index is 12.1. The Morgan fingerprint density at radius 3 is 2.26 bits per heavy atom. The Kier molecular flexibility index (Phi) is 8.34. The number of ether oxygens (including phenoxy) is 3. The number of carbonyl (C=O) groups excluding carboxylic acids is 1. The highest BCUT2D eigenvalue weighted by Gasteiger charge is 2.36. The molecule has 0 unspecified atom stereocenters.